The first-order chi connectivity index (χ1) is 10.5. The third kappa shape index (κ3) is 3.92. The van der Waals surface area contributed by atoms with Crippen molar-refractivity contribution >= 4 is 23.0 Å². The lowest BCUT2D eigenvalue weighted by molar-refractivity contribution is -0.384. The van der Waals surface area contributed by atoms with Crippen molar-refractivity contribution < 1.29 is 14.5 Å². The zero-order chi connectivity index (χ0) is 16.1. The molecule has 0 aliphatic heterocycles. The Morgan fingerprint density at radius 2 is 1.73 bits per heavy atom. The van der Waals surface area contributed by atoms with Gasteiger partial charge < -0.3 is 4.74 Å². The van der Waals surface area contributed by atoms with Crippen molar-refractivity contribution in [1.29, 1.82) is 0 Å². The molecule has 0 atom stereocenters. The Morgan fingerprint density at radius 3 is 2.23 bits per heavy atom. The van der Waals surface area contributed by atoms with E-state index >= 15 is 0 Å². The van der Waals surface area contributed by atoms with E-state index < -0.39 is 11.0 Å². The molecule has 0 aromatic heterocycles. The van der Waals surface area contributed by atoms with Gasteiger partial charge >= 0.3 is 6.09 Å². The van der Waals surface area contributed by atoms with Crippen LogP contribution in [0.25, 0.3) is 5.57 Å². The number of nitro groups is 1. The van der Waals surface area contributed by atoms with Gasteiger partial charge in [-0.05, 0) is 36.8 Å². The van der Waals surface area contributed by atoms with E-state index in [-0.39, 0.29) is 11.4 Å². The van der Waals surface area contributed by atoms with Gasteiger partial charge in [0.15, 0.2) is 0 Å². The molecular weight excluding hydrogens is 284 g/mol. The summed E-state index contributed by atoms with van der Waals surface area (Å²) in [6.07, 6.45) is -0.670. The van der Waals surface area contributed by atoms with E-state index in [0.717, 1.165) is 11.1 Å². The number of nitrogens with zero attached hydrogens (tertiary/aromatic N) is 1. The van der Waals surface area contributed by atoms with Gasteiger partial charge in [-0.25, -0.2) is 4.79 Å². The molecule has 0 spiro atoms. The molecule has 0 fully saturated rings. The number of hydrogen-bond donors (Lipinski definition) is 1. The second-order valence-electron chi connectivity index (χ2n) is 4.62. The predicted octanol–water partition coefficient (Wildman–Crippen LogP) is 4.24. The Labute approximate surface area is 127 Å². The largest absolute Gasteiger partial charge is 0.417 e. The number of amides is 1. The molecule has 0 unspecified atom stereocenters. The Kier molecular flexibility index (Phi) is 4.53. The standard InChI is InChI=1S/C16H14N2O4/c1-11(2)12-3-5-13(6-4-12)17-16(19)22-15-9-7-14(8-10-15)18(20)21/h3-10H,1H2,2H3,(H,17,19). The van der Waals surface area contributed by atoms with Gasteiger partial charge in [0.2, 0.25) is 0 Å². The summed E-state index contributed by atoms with van der Waals surface area (Å²) < 4.78 is 5.04. The first-order valence-corrected chi connectivity index (χ1v) is 6.45. The summed E-state index contributed by atoms with van der Waals surface area (Å²) in [6.45, 7) is 5.73. The number of nitro benzene ring substituents is 1. The number of nitrogens with one attached hydrogen (secondary N) is 1. The lowest BCUT2D eigenvalue weighted by Crippen LogP contribution is -2.16. The van der Waals surface area contributed by atoms with E-state index in [1.54, 1.807) is 12.1 Å². The topological polar surface area (TPSA) is 81.5 Å². The van der Waals surface area contributed by atoms with Gasteiger partial charge in [-0.2, -0.15) is 0 Å². The lowest BCUT2D eigenvalue weighted by Gasteiger charge is -2.07. The average molecular weight is 298 g/mol. The minimum atomic E-state index is -0.670. The summed E-state index contributed by atoms with van der Waals surface area (Å²) in [5.74, 6) is 0.224. The molecule has 0 saturated carbocycles. The van der Waals surface area contributed by atoms with Gasteiger partial charge in [-0.1, -0.05) is 24.3 Å². The van der Waals surface area contributed by atoms with Gasteiger partial charge in [0.05, 0.1) is 4.92 Å². The molecule has 112 valence electrons. The van der Waals surface area contributed by atoms with Crippen LogP contribution in [0, 0.1) is 10.1 Å². The normalized spacial score (nSPS) is 9.86. The SMILES string of the molecule is C=C(C)c1ccc(NC(=O)Oc2ccc([N+](=O)[O-])cc2)cc1. The maximum Gasteiger partial charge on any atom is 0.417 e. The quantitative estimate of drug-likeness (QED) is 0.676. The molecule has 2 aromatic rings. The summed E-state index contributed by atoms with van der Waals surface area (Å²) in [6, 6.07) is 12.4. The number of ether oxygens (including phenoxy) is 1. The zero-order valence-corrected chi connectivity index (χ0v) is 11.9. The van der Waals surface area contributed by atoms with E-state index in [0.29, 0.717) is 5.69 Å². The van der Waals surface area contributed by atoms with E-state index in [2.05, 4.69) is 11.9 Å². The van der Waals surface area contributed by atoms with Crippen molar-refractivity contribution in [3.8, 4) is 5.75 Å². The maximum absolute atomic E-state index is 11.7. The van der Waals surface area contributed by atoms with Crippen molar-refractivity contribution in [2.24, 2.45) is 0 Å². The lowest BCUT2D eigenvalue weighted by atomic mass is 10.1. The van der Waals surface area contributed by atoms with E-state index in [4.69, 9.17) is 4.74 Å². The van der Waals surface area contributed by atoms with Crippen molar-refractivity contribution in [3.63, 3.8) is 0 Å². The smallest absolute Gasteiger partial charge is 0.410 e. The van der Waals surface area contributed by atoms with Crippen molar-refractivity contribution in [2.75, 3.05) is 5.32 Å². The molecule has 0 bridgehead atoms. The Balaban J connectivity index is 1.97. The van der Waals surface area contributed by atoms with E-state index in [1.807, 2.05) is 19.1 Å². The predicted molar refractivity (Wildman–Crippen MR) is 83.9 cm³/mol. The number of hydrogen-bond acceptors (Lipinski definition) is 4. The number of non-ortho nitro benzene ring substituents is 1. The van der Waals surface area contributed by atoms with Crippen molar-refractivity contribution in [3.05, 3.63) is 70.8 Å². The summed E-state index contributed by atoms with van der Waals surface area (Å²) >= 11 is 0. The molecule has 22 heavy (non-hydrogen) atoms. The number of carbonyl (C=O) groups excluding carboxylic acids is 1. The molecule has 2 aromatic carbocycles. The molecule has 0 saturated heterocycles. The molecule has 0 aliphatic rings. The number of allylic oxidation sites excluding steroid dienone is 1. The number of carbonyl (C=O) groups is 1. The molecule has 1 amide bonds. The van der Waals surface area contributed by atoms with Crippen LogP contribution in [-0.2, 0) is 0 Å². The molecule has 0 heterocycles. The molecule has 6 nitrogen and oxygen atoms in total. The molecular formula is C16H14N2O4. The van der Waals surface area contributed by atoms with Gasteiger partial charge in [-0.15, -0.1) is 0 Å². The van der Waals surface area contributed by atoms with Crippen LogP contribution in [0.1, 0.15) is 12.5 Å². The van der Waals surface area contributed by atoms with Gasteiger partial charge in [0.1, 0.15) is 5.75 Å². The van der Waals surface area contributed by atoms with Crippen LogP contribution in [0.15, 0.2) is 55.1 Å². The maximum atomic E-state index is 11.7. The minimum absolute atomic E-state index is 0.0665. The molecule has 6 heteroatoms. The van der Waals surface area contributed by atoms with Crippen LogP contribution < -0.4 is 10.1 Å². The number of benzene rings is 2. The number of rotatable bonds is 4. The Morgan fingerprint density at radius 1 is 1.14 bits per heavy atom. The van der Waals surface area contributed by atoms with Crippen molar-refractivity contribution in [1.82, 2.24) is 0 Å². The van der Waals surface area contributed by atoms with Crippen LogP contribution >= 0.6 is 0 Å². The second kappa shape index (κ2) is 6.53. The summed E-state index contributed by atoms with van der Waals surface area (Å²) in [4.78, 5) is 21.7. The van der Waals surface area contributed by atoms with Crippen LogP contribution in [0.3, 0.4) is 0 Å². The van der Waals surface area contributed by atoms with E-state index in [1.165, 1.54) is 24.3 Å². The zero-order valence-electron chi connectivity index (χ0n) is 11.9. The summed E-state index contributed by atoms with van der Waals surface area (Å²) in [7, 11) is 0. The van der Waals surface area contributed by atoms with Gasteiger partial charge in [0.25, 0.3) is 5.69 Å². The highest BCUT2D eigenvalue weighted by Crippen LogP contribution is 2.19. The fraction of sp³-hybridized carbons (Fsp3) is 0.0625. The van der Waals surface area contributed by atoms with Gasteiger partial charge in [-0.3, -0.25) is 15.4 Å². The highest BCUT2D eigenvalue weighted by atomic mass is 16.6. The van der Waals surface area contributed by atoms with Crippen LogP contribution in [0.2, 0.25) is 0 Å². The highest BCUT2D eigenvalue weighted by Gasteiger charge is 2.08. The summed E-state index contributed by atoms with van der Waals surface area (Å²) in [5, 5.41) is 13.1. The highest BCUT2D eigenvalue weighted by molar-refractivity contribution is 5.86. The fourth-order valence-corrected chi connectivity index (χ4v) is 1.72. The third-order valence-electron chi connectivity index (χ3n) is 2.88. The minimum Gasteiger partial charge on any atom is -0.410 e. The molecule has 0 radical (unpaired) electrons. The van der Waals surface area contributed by atoms with Gasteiger partial charge in [0, 0.05) is 17.8 Å². The first kappa shape index (κ1) is 15.2. The molecule has 1 N–H and O–H groups in total. The summed E-state index contributed by atoms with van der Waals surface area (Å²) in [5.41, 5.74) is 2.43. The Hall–Kier alpha value is -3.15. The molecule has 0 aliphatic carbocycles. The monoisotopic (exact) mass is 298 g/mol. The van der Waals surface area contributed by atoms with E-state index in [9.17, 15) is 14.9 Å². The Bertz CT molecular complexity index is 644. The number of anilines is 1. The fourth-order valence-electron chi connectivity index (χ4n) is 1.72. The molecule has 2 rings (SSSR count). The third-order valence-corrected chi connectivity index (χ3v) is 2.88. The first-order valence-electron chi connectivity index (χ1n) is 6.45. The van der Waals surface area contributed by atoms with Crippen molar-refractivity contribution in [2.45, 2.75) is 6.92 Å². The van der Waals surface area contributed by atoms with Crippen LogP contribution in [0.5, 0.6) is 5.75 Å². The average Bonchev–Trinajstić information content (AvgIpc) is 2.48. The second-order valence-corrected chi connectivity index (χ2v) is 4.62. The van der Waals surface area contributed by atoms with Crippen LogP contribution in [0.4, 0.5) is 16.2 Å². The van der Waals surface area contributed by atoms with Crippen LogP contribution in [-0.4, -0.2) is 11.0 Å².